The SMILES string of the molecule is CCCCOc1ccc(-c2ccc(CCc3ccc(C4=CCC(C)CC4)c(F)c3F)cc2)cc1F. The second kappa shape index (κ2) is 11.6. The number of hydrogen-bond acceptors (Lipinski definition) is 1. The fourth-order valence-electron chi connectivity index (χ4n) is 4.51. The number of unbranched alkanes of at least 4 members (excludes halogenated alkanes) is 1. The molecule has 4 rings (SSSR count). The molecule has 0 spiro atoms. The lowest BCUT2D eigenvalue weighted by atomic mass is 9.87. The van der Waals surface area contributed by atoms with Crippen molar-refractivity contribution < 1.29 is 17.9 Å². The minimum atomic E-state index is -0.740. The van der Waals surface area contributed by atoms with Crippen molar-refractivity contribution in [2.75, 3.05) is 6.61 Å². The standard InChI is InChI=1S/C31H33F3O/c1-3-4-19-35-29-18-16-26(20-28(29)32)23-12-7-22(8-13-23)9-14-25-15-17-27(31(34)30(25)33)24-10-5-21(2)6-11-24/h7-8,10,12-13,15-18,20-21H,3-6,9,11,14,19H2,1-2H3. The molecule has 1 aliphatic rings. The zero-order chi connectivity index (χ0) is 24.8. The molecule has 35 heavy (non-hydrogen) atoms. The molecule has 0 saturated heterocycles. The molecule has 0 saturated carbocycles. The van der Waals surface area contributed by atoms with Crippen molar-refractivity contribution in [1.29, 1.82) is 0 Å². The number of hydrogen-bond donors (Lipinski definition) is 0. The van der Waals surface area contributed by atoms with Gasteiger partial charge in [0.05, 0.1) is 6.61 Å². The van der Waals surface area contributed by atoms with E-state index in [0.717, 1.165) is 54.4 Å². The average Bonchev–Trinajstić information content (AvgIpc) is 2.87. The quantitative estimate of drug-likeness (QED) is 0.279. The van der Waals surface area contributed by atoms with E-state index < -0.39 is 11.6 Å². The predicted octanol–water partition coefficient (Wildman–Crippen LogP) is 8.94. The number of rotatable bonds is 9. The summed E-state index contributed by atoms with van der Waals surface area (Å²) in [4.78, 5) is 0. The molecule has 4 heteroatoms. The fraction of sp³-hybridized carbons (Fsp3) is 0.355. The lowest BCUT2D eigenvalue weighted by molar-refractivity contribution is 0.294. The lowest BCUT2D eigenvalue weighted by Gasteiger charge is -2.19. The molecule has 0 radical (unpaired) electrons. The van der Waals surface area contributed by atoms with Crippen LogP contribution in [-0.2, 0) is 12.8 Å². The molecule has 184 valence electrons. The third kappa shape index (κ3) is 6.17. The molecule has 1 atom stereocenters. The van der Waals surface area contributed by atoms with Crippen molar-refractivity contribution in [3.05, 3.63) is 94.8 Å². The largest absolute Gasteiger partial charge is 0.491 e. The normalized spacial score (nSPS) is 15.7. The molecular weight excluding hydrogens is 445 g/mol. The number of halogens is 3. The van der Waals surface area contributed by atoms with Crippen LogP contribution in [0, 0.1) is 23.4 Å². The maximum absolute atomic E-state index is 14.8. The van der Waals surface area contributed by atoms with Gasteiger partial charge >= 0.3 is 0 Å². The molecule has 1 aliphatic carbocycles. The third-order valence-electron chi connectivity index (χ3n) is 6.84. The Kier molecular flexibility index (Phi) is 8.33. The molecule has 3 aromatic carbocycles. The first-order valence-corrected chi connectivity index (χ1v) is 12.6. The van der Waals surface area contributed by atoms with Crippen molar-refractivity contribution in [2.45, 2.75) is 58.8 Å². The number of benzene rings is 3. The Balaban J connectivity index is 1.40. The monoisotopic (exact) mass is 478 g/mol. The topological polar surface area (TPSA) is 9.23 Å². The van der Waals surface area contributed by atoms with Crippen LogP contribution in [0.4, 0.5) is 13.2 Å². The molecule has 3 aromatic rings. The zero-order valence-electron chi connectivity index (χ0n) is 20.5. The van der Waals surface area contributed by atoms with Crippen LogP contribution in [0.3, 0.4) is 0 Å². The van der Waals surface area contributed by atoms with Gasteiger partial charge in [-0.3, -0.25) is 0 Å². The van der Waals surface area contributed by atoms with E-state index in [2.05, 4.69) is 13.8 Å². The Labute approximate surface area is 206 Å². The smallest absolute Gasteiger partial charge is 0.166 e. The van der Waals surface area contributed by atoms with Crippen LogP contribution in [0.1, 0.15) is 62.6 Å². The van der Waals surface area contributed by atoms with Crippen LogP contribution in [-0.4, -0.2) is 6.61 Å². The van der Waals surface area contributed by atoms with Crippen LogP contribution in [0.5, 0.6) is 5.75 Å². The number of ether oxygens (including phenoxy) is 1. The fourth-order valence-corrected chi connectivity index (χ4v) is 4.51. The molecule has 0 fully saturated rings. The van der Waals surface area contributed by atoms with Crippen LogP contribution in [0.2, 0.25) is 0 Å². The summed E-state index contributed by atoms with van der Waals surface area (Å²) in [6.45, 7) is 4.75. The summed E-state index contributed by atoms with van der Waals surface area (Å²) in [5.74, 6) is -0.978. The molecule has 0 aromatic heterocycles. The molecular formula is C31H33F3O. The van der Waals surface area contributed by atoms with Crippen LogP contribution >= 0.6 is 0 Å². The Hall–Kier alpha value is -3.01. The van der Waals surface area contributed by atoms with E-state index in [1.807, 2.05) is 36.4 Å². The van der Waals surface area contributed by atoms with Gasteiger partial charge in [-0.2, -0.15) is 0 Å². The average molecular weight is 479 g/mol. The molecule has 1 nitrogen and oxygen atoms in total. The van der Waals surface area contributed by atoms with Gasteiger partial charge < -0.3 is 4.74 Å². The third-order valence-corrected chi connectivity index (χ3v) is 6.84. The molecule has 0 aliphatic heterocycles. The minimum absolute atomic E-state index is 0.272. The molecule has 0 N–H and O–H groups in total. The Morgan fingerprint density at radius 1 is 0.886 bits per heavy atom. The summed E-state index contributed by atoms with van der Waals surface area (Å²) in [6.07, 6.45) is 7.66. The number of aryl methyl sites for hydroxylation is 2. The van der Waals surface area contributed by atoms with Crippen molar-refractivity contribution in [3.63, 3.8) is 0 Å². The summed E-state index contributed by atoms with van der Waals surface area (Å²) in [7, 11) is 0. The lowest BCUT2D eigenvalue weighted by Crippen LogP contribution is -2.05. The van der Waals surface area contributed by atoms with Crippen molar-refractivity contribution >= 4 is 5.57 Å². The molecule has 1 unspecified atom stereocenters. The van der Waals surface area contributed by atoms with Gasteiger partial charge in [-0.25, -0.2) is 13.2 Å². The first-order valence-electron chi connectivity index (χ1n) is 12.6. The minimum Gasteiger partial charge on any atom is -0.491 e. The molecule has 0 heterocycles. The maximum atomic E-state index is 14.8. The summed E-state index contributed by atoms with van der Waals surface area (Å²) in [6, 6.07) is 16.2. The van der Waals surface area contributed by atoms with Gasteiger partial charge in [-0.15, -0.1) is 0 Å². The summed E-state index contributed by atoms with van der Waals surface area (Å²) < 4.78 is 49.5. The van der Waals surface area contributed by atoms with Crippen LogP contribution in [0.15, 0.2) is 60.7 Å². The van der Waals surface area contributed by atoms with Crippen molar-refractivity contribution in [2.24, 2.45) is 5.92 Å². The van der Waals surface area contributed by atoms with E-state index in [1.165, 1.54) is 6.07 Å². The van der Waals surface area contributed by atoms with E-state index in [9.17, 15) is 13.2 Å². The number of allylic oxidation sites excluding steroid dienone is 2. The van der Waals surface area contributed by atoms with E-state index in [-0.39, 0.29) is 11.6 Å². The maximum Gasteiger partial charge on any atom is 0.166 e. The van der Waals surface area contributed by atoms with Gasteiger partial charge in [-0.05, 0) is 84.4 Å². The first-order chi connectivity index (χ1) is 17.0. The molecule has 0 amide bonds. The van der Waals surface area contributed by atoms with Gasteiger partial charge in [0.25, 0.3) is 0 Å². The Bertz CT molecular complexity index is 1180. The second-order valence-electron chi connectivity index (χ2n) is 9.55. The van der Waals surface area contributed by atoms with Gasteiger partial charge in [0, 0.05) is 5.56 Å². The highest BCUT2D eigenvalue weighted by atomic mass is 19.2. The van der Waals surface area contributed by atoms with E-state index in [0.29, 0.717) is 36.5 Å². The summed E-state index contributed by atoms with van der Waals surface area (Å²) in [5, 5.41) is 0. The Morgan fingerprint density at radius 2 is 1.66 bits per heavy atom. The predicted molar refractivity (Wildman–Crippen MR) is 137 cm³/mol. The highest BCUT2D eigenvalue weighted by molar-refractivity contribution is 5.67. The van der Waals surface area contributed by atoms with Gasteiger partial charge in [0.15, 0.2) is 23.2 Å². The van der Waals surface area contributed by atoms with Gasteiger partial charge in [0.2, 0.25) is 0 Å². The summed E-state index contributed by atoms with van der Waals surface area (Å²) >= 11 is 0. The van der Waals surface area contributed by atoms with E-state index in [1.54, 1.807) is 18.2 Å². The van der Waals surface area contributed by atoms with Crippen molar-refractivity contribution in [1.82, 2.24) is 0 Å². The Morgan fingerprint density at radius 3 is 2.34 bits per heavy atom. The first kappa shape index (κ1) is 25.1. The summed E-state index contributed by atoms with van der Waals surface area (Å²) in [5.41, 5.74) is 4.38. The van der Waals surface area contributed by atoms with Crippen molar-refractivity contribution in [3.8, 4) is 16.9 Å². The van der Waals surface area contributed by atoms with E-state index in [4.69, 9.17) is 4.74 Å². The van der Waals surface area contributed by atoms with Gasteiger partial charge in [0.1, 0.15) is 0 Å². The second-order valence-corrected chi connectivity index (χ2v) is 9.55. The zero-order valence-corrected chi connectivity index (χ0v) is 20.5. The van der Waals surface area contributed by atoms with Crippen LogP contribution in [0.25, 0.3) is 16.7 Å². The molecule has 0 bridgehead atoms. The van der Waals surface area contributed by atoms with E-state index >= 15 is 0 Å². The highest BCUT2D eigenvalue weighted by Crippen LogP contribution is 2.33. The highest BCUT2D eigenvalue weighted by Gasteiger charge is 2.19. The van der Waals surface area contributed by atoms with Gasteiger partial charge in [-0.1, -0.05) is 68.8 Å². The van der Waals surface area contributed by atoms with Crippen LogP contribution < -0.4 is 4.74 Å².